The van der Waals surface area contributed by atoms with Gasteiger partial charge in [-0.15, -0.1) is 11.3 Å². The largest absolute Gasteiger partial charge is 0.310 e. The molecule has 0 bridgehead atoms. The normalized spacial score (nSPS) is 13.0. The summed E-state index contributed by atoms with van der Waals surface area (Å²) in [5.74, 6) is 0. The Morgan fingerprint density at radius 3 is 1.79 bits per heavy atom. The van der Waals surface area contributed by atoms with E-state index >= 15 is 0 Å². The van der Waals surface area contributed by atoms with E-state index in [1.807, 2.05) is 11.3 Å². The first-order valence-electron chi connectivity index (χ1n) is 21.3. The molecule has 1 aliphatic rings. The highest BCUT2D eigenvalue weighted by Crippen LogP contribution is 2.59. The van der Waals surface area contributed by atoms with Gasteiger partial charge in [-0.1, -0.05) is 170 Å². The standard InChI is InChI=1S/C59H38N2S/c1-4-18-40(19-5-1)59(41-20-6-2-7-21-41)51-37-43(32-35-46(51)49-34-31-39-17-10-11-24-45(39)58(49)59)60(53-28-16-30-56-57(53)50-26-13-15-29-55(50)62-56)44-33-36-48-47-25-12-14-27-52(47)61(54(48)38-44)42-22-8-3-9-23-42/h1-38H. The minimum absolute atomic E-state index is 0.583. The number of fused-ring (bicyclic) bond motifs is 11. The van der Waals surface area contributed by atoms with Crippen molar-refractivity contribution >= 4 is 81.1 Å². The van der Waals surface area contributed by atoms with Crippen LogP contribution in [0.3, 0.4) is 0 Å². The zero-order valence-corrected chi connectivity index (χ0v) is 34.6. The Balaban J connectivity index is 1.15. The van der Waals surface area contributed by atoms with Gasteiger partial charge in [0.05, 0.1) is 22.1 Å². The monoisotopic (exact) mass is 806 g/mol. The molecular weight excluding hydrogens is 769 g/mol. The molecule has 13 rings (SSSR count). The molecule has 0 saturated heterocycles. The SMILES string of the molecule is c1ccc(-n2c3ccccc3c3ccc(N(c4ccc5c(c4)C(c4ccccc4)(c4ccccc4)c4c-5ccc5ccccc45)c4cccc5sc6ccccc6c45)cc32)cc1. The van der Waals surface area contributed by atoms with Gasteiger partial charge in [0.1, 0.15) is 0 Å². The van der Waals surface area contributed by atoms with Gasteiger partial charge in [0.2, 0.25) is 0 Å². The molecule has 3 heteroatoms. The first-order valence-corrected chi connectivity index (χ1v) is 22.2. The van der Waals surface area contributed by atoms with E-state index < -0.39 is 5.41 Å². The van der Waals surface area contributed by atoms with Crippen molar-refractivity contribution in [2.45, 2.75) is 5.41 Å². The number of anilines is 3. The van der Waals surface area contributed by atoms with E-state index in [4.69, 9.17) is 0 Å². The van der Waals surface area contributed by atoms with E-state index in [1.165, 1.54) is 86.1 Å². The summed E-state index contributed by atoms with van der Waals surface area (Å²) in [5, 5.41) is 7.54. The molecule has 0 saturated carbocycles. The van der Waals surface area contributed by atoms with E-state index in [0.717, 1.165) is 22.7 Å². The van der Waals surface area contributed by atoms with Gasteiger partial charge in [-0.05, 0) is 105 Å². The summed E-state index contributed by atoms with van der Waals surface area (Å²) in [4.78, 5) is 2.52. The van der Waals surface area contributed by atoms with Crippen molar-refractivity contribution < 1.29 is 0 Å². The highest BCUT2D eigenvalue weighted by molar-refractivity contribution is 7.26. The smallest absolute Gasteiger partial charge is 0.0720 e. The van der Waals surface area contributed by atoms with Crippen LogP contribution in [0.15, 0.2) is 231 Å². The van der Waals surface area contributed by atoms with Crippen LogP contribution < -0.4 is 4.90 Å². The summed E-state index contributed by atoms with van der Waals surface area (Å²) >= 11 is 1.87. The number of hydrogen-bond acceptors (Lipinski definition) is 2. The highest BCUT2D eigenvalue weighted by atomic mass is 32.1. The molecule has 2 heterocycles. The van der Waals surface area contributed by atoms with Crippen LogP contribution >= 0.6 is 11.3 Å². The van der Waals surface area contributed by atoms with Crippen molar-refractivity contribution in [3.8, 4) is 16.8 Å². The molecule has 0 N–H and O–H groups in total. The number of nitrogens with zero attached hydrogens (tertiary/aromatic N) is 2. The van der Waals surface area contributed by atoms with Crippen molar-refractivity contribution in [1.29, 1.82) is 0 Å². The second kappa shape index (κ2) is 13.7. The van der Waals surface area contributed by atoms with Crippen LogP contribution in [-0.2, 0) is 5.41 Å². The van der Waals surface area contributed by atoms with Crippen molar-refractivity contribution in [1.82, 2.24) is 4.57 Å². The molecule has 0 atom stereocenters. The summed E-state index contributed by atoms with van der Waals surface area (Å²) in [6.07, 6.45) is 0. The number of hydrogen-bond donors (Lipinski definition) is 0. The predicted octanol–water partition coefficient (Wildman–Crippen LogP) is 16.1. The third-order valence-electron chi connectivity index (χ3n) is 13.2. The van der Waals surface area contributed by atoms with E-state index in [1.54, 1.807) is 0 Å². The highest BCUT2D eigenvalue weighted by Gasteiger charge is 2.47. The van der Waals surface area contributed by atoms with Gasteiger partial charge in [-0.2, -0.15) is 0 Å². The molecule has 0 aliphatic heterocycles. The zero-order valence-electron chi connectivity index (χ0n) is 33.7. The maximum absolute atomic E-state index is 2.52. The number of para-hydroxylation sites is 2. The number of thiophene rings is 1. The fourth-order valence-corrected chi connectivity index (χ4v) is 11.8. The molecule has 0 spiro atoms. The minimum Gasteiger partial charge on any atom is -0.310 e. The van der Waals surface area contributed by atoms with E-state index in [-0.39, 0.29) is 0 Å². The van der Waals surface area contributed by atoms with E-state index in [0.29, 0.717) is 0 Å². The van der Waals surface area contributed by atoms with Gasteiger partial charge in [0.25, 0.3) is 0 Å². The first-order chi connectivity index (χ1) is 30.8. The van der Waals surface area contributed by atoms with Gasteiger partial charge in [-0.3, -0.25) is 0 Å². The first kappa shape index (κ1) is 35.1. The molecule has 10 aromatic carbocycles. The molecule has 290 valence electrons. The molecule has 2 nitrogen and oxygen atoms in total. The van der Waals surface area contributed by atoms with Crippen molar-refractivity contribution in [3.05, 3.63) is 253 Å². The Kier molecular flexibility index (Phi) is 7.72. The molecule has 62 heavy (non-hydrogen) atoms. The average molecular weight is 807 g/mol. The Morgan fingerprint density at radius 2 is 1.00 bits per heavy atom. The summed E-state index contributed by atoms with van der Waals surface area (Å²) in [5.41, 5.74) is 14.0. The van der Waals surface area contributed by atoms with Crippen LogP contribution in [-0.4, -0.2) is 4.57 Å². The molecule has 1 aliphatic carbocycles. The second-order valence-electron chi connectivity index (χ2n) is 16.4. The van der Waals surface area contributed by atoms with Gasteiger partial charge >= 0.3 is 0 Å². The van der Waals surface area contributed by atoms with Crippen molar-refractivity contribution in [2.75, 3.05) is 4.90 Å². The summed E-state index contributed by atoms with van der Waals surface area (Å²) in [6.45, 7) is 0. The lowest BCUT2D eigenvalue weighted by molar-refractivity contribution is 0.775. The summed E-state index contributed by atoms with van der Waals surface area (Å²) in [7, 11) is 0. The molecule has 0 unspecified atom stereocenters. The third kappa shape index (κ3) is 4.97. The Morgan fingerprint density at radius 1 is 0.403 bits per heavy atom. The van der Waals surface area contributed by atoms with Crippen LogP contribution in [0.2, 0.25) is 0 Å². The summed E-state index contributed by atoms with van der Waals surface area (Å²) in [6, 6.07) is 85.5. The van der Waals surface area contributed by atoms with Gasteiger partial charge in [0.15, 0.2) is 0 Å². The zero-order chi connectivity index (χ0) is 40.8. The van der Waals surface area contributed by atoms with Crippen molar-refractivity contribution in [3.63, 3.8) is 0 Å². The van der Waals surface area contributed by atoms with Crippen LogP contribution in [0.5, 0.6) is 0 Å². The Labute approximate surface area is 363 Å². The molecular formula is C59H38N2S. The third-order valence-corrected chi connectivity index (χ3v) is 14.4. The second-order valence-corrected chi connectivity index (χ2v) is 17.5. The molecule has 0 fully saturated rings. The molecule has 12 aromatic rings. The fraction of sp³-hybridized carbons (Fsp3) is 0.0169. The maximum Gasteiger partial charge on any atom is 0.0720 e. The predicted molar refractivity (Wildman–Crippen MR) is 263 cm³/mol. The van der Waals surface area contributed by atoms with Gasteiger partial charge in [0, 0.05) is 48.0 Å². The topological polar surface area (TPSA) is 8.17 Å². The van der Waals surface area contributed by atoms with Gasteiger partial charge in [-0.25, -0.2) is 0 Å². The number of rotatable bonds is 6. The molecule has 0 amide bonds. The Hall–Kier alpha value is -7.72. The van der Waals surface area contributed by atoms with Crippen LogP contribution in [0, 0.1) is 0 Å². The lowest BCUT2D eigenvalue weighted by Gasteiger charge is -2.35. The quantitative estimate of drug-likeness (QED) is 0.162. The fourth-order valence-electron chi connectivity index (χ4n) is 10.7. The minimum atomic E-state index is -0.583. The van der Waals surface area contributed by atoms with Crippen LogP contribution in [0.25, 0.3) is 69.6 Å². The molecule has 2 aromatic heterocycles. The van der Waals surface area contributed by atoms with E-state index in [2.05, 4.69) is 240 Å². The van der Waals surface area contributed by atoms with E-state index in [9.17, 15) is 0 Å². The lowest BCUT2D eigenvalue weighted by atomic mass is 9.66. The van der Waals surface area contributed by atoms with Crippen LogP contribution in [0.4, 0.5) is 17.1 Å². The molecule has 0 radical (unpaired) electrons. The van der Waals surface area contributed by atoms with Crippen LogP contribution in [0.1, 0.15) is 22.3 Å². The van der Waals surface area contributed by atoms with Crippen molar-refractivity contribution in [2.24, 2.45) is 0 Å². The summed E-state index contributed by atoms with van der Waals surface area (Å²) < 4.78 is 4.99. The average Bonchev–Trinajstić information content (AvgIpc) is 3.99. The lowest BCUT2D eigenvalue weighted by Crippen LogP contribution is -2.29. The maximum atomic E-state index is 2.52. The Bertz CT molecular complexity index is 3660. The number of aromatic nitrogens is 1. The van der Waals surface area contributed by atoms with Gasteiger partial charge < -0.3 is 9.47 Å². The number of benzene rings is 10.